The van der Waals surface area contributed by atoms with Crippen LogP contribution in [0, 0.1) is 5.41 Å². The lowest BCUT2D eigenvalue weighted by atomic mass is 10.0. The third kappa shape index (κ3) is 3.02. The summed E-state index contributed by atoms with van der Waals surface area (Å²) in [5, 5.41) is 13.5. The van der Waals surface area contributed by atoms with Gasteiger partial charge >= 0.3 is 0 Å². The smallest absolute Gasteiger partial charge is 0.262 e. The second-order valence-corrected chi connectivity index (χ2v) is 8.59. The molecule has 3 amide bonds. The standard InChI is InChI=1S/C24H25N5O3/c1-26-18-11-13-5-3-4-6-15(13)21(18)28(2)14-7-8-16-17(12-14)24(32)29(23(16)31)19-9-10-20(25)27-22(19)30/h3-8,12,18-19,21,26H,9-11H2,1-2H3,(H2,25,27,30). The van der Waals surface area contributed by atoms with Gasteiger partial charge in [-0.3, -0.25) is 24.7 Å². The van der Waals surface area contributed by atoms with Crippen molar-refractivity contribution in [3.05, 3.63) is 64.7 Å². The van der Waals surface area contributed by atoms with E-state index in [0.717, 1.165) is 17.0 Å². The molecular formula is C24H25N5O3. The minimum atomic E-state index is -0.881. The Morgan fingerprint density at radius 1 is 1.09 bits per heavy atom. The first-order valence-corrected chi connectivity index (χ1v) is 10.8. The Labute approximate surface area is 186 Å². The molecule has 0 saturated carbocycles. The number of piperidine rings is 1. The van der Waals surface area contributed by atoms with Crippen LogP contribution in [0.25, 0.3) is 0 Å². The Kier molecular flexibility index (Phi) is 4.82. The summed E-state index contributed by atoms with van der Waals surface area (Å²) in [7, 11) is 3.95. The minimum Gasteiger partial charge on any atom is -0.366 e. The van der Waals surface area contributed by atoms with Crippen LogP contribution in [0.5, 0.6) is 0 Å². The molecule has 2 aliphatic heterocycles. The average molecular weight is 431 g/mol. The van der Waals surface area contributed by atoms with Gasteiger partial charge in [0.25, 0.3) is 11.8 Å². The molecule has 3 N–H and O–H groups in total. The Bertz CT molecular complexity index is 1160. The normalized spacial score (nSPS) is 24.4. The van der Waals surface area contributed by atoms with Crippen molar-refractivity contribution in [1.82, 2.24) is 15.5 Å². The molecule has 0 aromatic heterocycles. The van der Waals surface area contributed by atoms with E-state index in [4.69, 9.17) is 5.41 Å². The number of anilines is 1. The number of rotatable bonds is 4. The fourth-order valence-corrected chi connectivity index (χ4v) is 5.18. The fourth-order valence-electron chi connectivity index (χ4n) is 5.18. The summed E-state index contributed by atoms with van der Waals surface area (Å²) >= 11 is 0. The van der Waals surface area contributed by atoms with Crippen LogP contribution >= 0.6 is 0 Å². The molecule has 0 radical (unpaired) electrons. The summed E-state index contributed by atoms with van der Waals surface area (Å²) in [5.74, 6) is -1.27. The van der Waals surface area contributed by atoms with E-state index in [1.807, 2.05) is 32.3 Å². The number of fused-ring (bicyclic) bond motifs is 2. The monoisotopic (exact) mass is 431 g/mol. The maximum Gasteiger partial charge on any atom is 0.262 e. The quantitative estimate of drug-likeness (QED) is 0.641. The van der Waals surface area contributed by atoms with Crippen LogP contribution in [0.3, 0.4) is 0 Å². The van der Waals surface area contributed by atoms with Crippen LogP contribution < -0.4 is 15.5 Å². The number of benzene rings is 2. The van der Waals surface area contributed by atoms with Gasteiger partial charge < -0.3 is 15.5 Å². The summed E-state index contributed by atoms with van der Waals surface area (Å²) < 4.78 is 0. The molecule has 32 heavy (non-hydrogen) atoms. The van der Waals surface area contributed by atoms with E-state index >= 15 is 0 Å². The number of carbonyl (C=O) groups is 3. The van der Waals surface area contributed by atoms with Gasteiger partial charge in [-0.2, -0.15) is 0 Å². The van der Waals surface area contributed by atoms with Gasteiger partial charge in [0, 0.05) is 25.2 Å². The molecule has 0 spiro atoms. The number of carbonyl (C=O) groups excluding carboxylic acids is 3. The molecule has 2 aromatic carbocycles. The lowest BCUT2D eigenvalue weighted by molar-refractivity contribution is -0.124. The summed E-state index contributed by atoms with van der Waals surface area (Å²) in [5.41, 5.74) is 4.03. The predicted molar refractivity (Wildman–Crippen MR) is 120 cm³/mol. The minimum absolute atomic E-state index is 0.0905. The molecule has 8 heteroatoms. The molecular weight excluding hydrogens is 406 g/mol. The number of imide groups is 1. The van der Waals surface area contributed by atoms with Crippen molar-refractivity contribution in [2.75, 3.05) is 19.0 Å². The van der Waals surface area contributed by atoms with Gasteiger partial charge in [0.2, 0.25) is 5.91 Å². The van der Waals surface area contributed by atoms with Crippen LogP contribution in [0.4, 0.5) is 5.69 Å². The highest BCUT2D eigenvalue weighted by Crippen LogP contribution is 2.39. The molecule has 3 aliphatic rings. The molecule has 2 aromatic rings. The van der Waals surface area contributed by atoms with Gasteiger partial charge in [-0.15, -0.1) is 0 Å². The van der Waals surface area contributed by atoms with Gasteiger partial charge in [0.05, 0.1) is 23.0 Å². The zero-order valence-electron chi connectivity index (χ0n) is 18.0. The third-order valence-electron chi connectivity index (χ3n) is 6.85. The molecule has 164 valence electrons. The molecule has 1 aliphatic carbocycles. The number of nitrogens with one attached hydrogen (secondary N) is 3. The Morgan fingerprint density at radius 2 is 1.84 bits per heavy atom. The Balaban J connectivity index is 1.46. The Hall–Kier alpha value is -3.52. The lowest BCUT2D eigenvalue weighted by Gasteiger charge is -2.32. The van der Waals surface area contributed by atoms with E-state index in [-0.39, 0.29) is 24.3 Å². The highest BCUT2D eigenvalue weighted by molar-refractivity contribution is 6.23. The van der Waals surface area contributed by atoms with E-state index in [2.05, 4.69) is 27.7 Å². The number of hydrogen-bond acceptors (Lipinski definition) is 6. The van der Waals surface area contributed by atoms with Crippen LogP contribution in [-0.2, 0) is 11.2 Å². The SMILES string of the molecule is CNC1Cc2ccccc2C1N(C)c1ccc2c(c1)C(=O)N(C1CCC(=N)NC1=O)C2=O. The largest absolute Gasteiger partial charge is 0.366 e. The lowest BCUT2D eigenvalue weighted by Crippen LogP contribution is -2.54. The molecule has 8 nitrogen and oxygen atoms in total. The van der Waals surface area contributed by atoms with Crippen LogP contribution in [-0.4, -0.2) is 54.6 Å². The number of amidine groups is 1. The van der Waals surface area contributed by atoms with Crippen molar-refractivity contribution in [1.29, 1.82) is 5.41 Å². The molecule has 3 atom stereocenters. The molecule has 1 saturated heterocycles. The third-order valence-corrected chi connectivity index (χ3v) is 6.85. The number of likely N-dealkylation sites (N-methyl/N-ethyl adjacent to an activating group) is 2. The second kappa shape index (κ2) is 7.56. The topological polar surface area (TPSA) is 106 Å². The van der Waals surface area contributed by atoms with Crippen molar-refractivity contribution in [3.8, 4) is 0 Å². The van der Waals surface area contributed by atoms with E-state index in [9.17, 15) is 14.4 Å². The van der Waals surface area contributed by atoms with E-state index in [1.54, 1.807) is 12.1 Å². The summed E-state index contributed by atoms with van der Waals surface area (Å²) in [4.78, 5) is 41.7. The molecule has 1 fully saturated rings. The zero-order chi connectivity index (χ0) is 22.6. The average Bonchev–Trinajstić information content (AvgIpc) is 3.28. The van der Waals surface area contributed by atoms with Gasteiger partial charge in [-0.1, -0.05) is 24.3 Å². The molecule has 3 unspecified atom stereocenters. The summed E-state index contributed by atoms with van der Waals surface area (Å²) in [6, 6.07) is 13.1. The molecule has 5 rings (SSSR count). The van der Waals surface area contributed by atoms with E-state index in [1.165, 1.54) is 11.1 Å². The van der Waals surface area contributed by atoms with E-state index < -0.39 is 23.8 Å². The van der Waals surface area contributed by atoms with Crippen LogP contribution in [0.1, 0.15) is 50.7 Å². The first-order valence-electron chi connectivity index (χ1n) is 10.8. The first kappa shape index (κ1) is 20.4. The Morgan fingerprint density at radius 3 is 2.59 bits per heavy atom. The van der Waals surface area contributed by atoms with Crippen molar-refractivity contribution in [2.24, 2.45) is 0 Å². The van der Waals surface area contributed by atoms with Crippen molar-refractivity contribution >= 4 is 29.2 Å². The number of nitrogens with zero attached hydrogens (tertiary/aromatic N) is 2. The molecule has 2 heterocycles. The summed E-state index contributed by atoms with van der Waals surface area (Å²) in [6.45, 7) is 0. The second-order valence-electron chi connectivity index (χ2n) is 8.59. The van der Waals surface area contributed by atoms with Gasteiger partial charge in [-0.25, -0.2) is 0 Å². The predicted octanol–water partition coefficient (Wildman–Crippen LogP) is 1.86. The maximum absolute atomic E-state index is 13.2. The fraction of sp³-hybridized carbons (Fsp3) is 0.333. The van der Waals surface area contributed by atoms with Gasteiger partial charge in [0.15, 0.2) is 0 Å². The zero-order valence-corrected chi connectivity index (χ0v) is 18.0. The van der Waals surface area contributed by atoms with Gasteiger partial charge in [0.1, 0.15) is 6.04 Å². The molecule has 0 bridgehead atoms. The van der Waals surface area contributed by atoms with E-state index in [0.29, 0.717) is 17.5 Å². The highest BCUT2D eigenvalue weighted by atomic mass is 16.2. The van der Waals surface area contributed by atoms with Crippen molar-refractivity contribution < 1.29 is 14.4 Å². The van der Waals surface area contributed by atoms with Crippen LogP contribution in [0.2, 0.25) is 0 Å². The highest BCUT2D eigenvalue weighted by Gasteiger charge is 2.44. The first-order chi connectivity index (χ1) is 15.4. The van der Waals surface area contributed by atoms with Gasteiger partial charge in [-0.05, 0) is 49.2 Å². The van der Waals surface area contributed by atoms with Crippen LogP contribution in [0.15, 0.2) is 42.5 Å². The number of amides is 3. The van der Waals surface area contributed by atoms with Crippen molar-refractivity contribution in [2.45, 2.75) is 37.4 Å². The number of hydrogen-bond donors (Lipinski definition) is 3. The summed E-state index contributed by atoms with van der Waals surface area (Å²) in [6.07, 6.45) is 1.51. The van der Waals surface area contributed by atoms with Crippen molar-refractivity contribution in [3.63, 3.8) is 0 Å². The maximum atomic E-state index is 13.2.